The molecule has 1 aliphatic carbocycles. The van der Waals surface area contributed by atoms with E-state index >= 15 is 0 Å². The molecule has 5 heteroatoms. The van der Waals surface area contributed by atoms with Gasteiger partial charge in [0, 0.05) is 19.1 Å². The highest BCUT2D eigenvalue weighted by Crippen LogP contribution is 2.46. The first kappa shape index (κ1) is 15.4. The second-order valence-electron chi connectivity index (χ2n) is 6.78. The molecule has 1 unspecified atom stereocenters. The van der Waals surface area contributed by atoms with Crippen LogP contribution in [0.5, 0.6) is 0 Å². The van der Waals surface area contributed by atoms with Crippen molar-refractivity contribution in [1.29, 1.82) is 0 Å². The number of aromatic nitrogens is 2. The number of hydrogen-bond donors (Lipinski definition) is 1. The second kappa shape index (κ2) is 5.82. The van der Waals surface area contributed by atoms with Gasteiger partial charge in [0.15, 0.2) is 0 Å². The fourth-order valence-electron chi connectivity index (χ4n) is 2.84. The predicted molar refractivity (Wildman–Crippen MR) is 77.2 cm³/mol. The van der Waals surface area contributed by atoms with Crippen LogP contribution in [0.2, 0.25) is 0 Å². The molecule has 2 N–H and O–H groups in total. The maximum Gasteiger partial charge on any atom is 0.228 e. The van der Waals surface area contributed by atoms with E-state index in [-0.39, 0.29) is 11.6 Å². The van der Waals surface area contributed by atoms with Gasteiger partial charge in [0.05, 0.1) is 0 Å². The first-order valence-electron chi connectivity index (χ1n) is 7.59. The number of nitrogens with zero attached hydrogens (tertiary/aromatic N) is 2. The van der Waals surface area contributed by atoms with Crippen molar-refractivity contribution in [3.63, 3.8) is 0 Å². The molecule has 0 aliphatic heterocycles. The average molecular weight is 281 g/mol. The lowest BCUT2D eigenvalue weighted by molar-refractivity contribution is -0.0957. The number of rotatable bonds is 5. The smallest absolute Gasteiger partial charge is 0.228 e. The Morgan fingerprint density at radius 2 is 1.95 bits per heavy atom. The number of ether oxygens (including phenoxy) is 1. The Labute approximate surface area is 121 Å². The average Bonchev–Trinajstić information content (AvgIpc) is 2.81. The van der Waals surface area contributed by atoms with Crippen LogP contribution in [0.4, 0.5) is 0 Å². The molecule has 0 spiro atoms. The lowest BCUT2D eigenvalue weighted by atomic mass is 9.70. The minimum absolute atomic E-state index is 0.0247. The molecule has 1 aliphatic rings. The Bertz CT molecular complexity index is 430. The fourth-order valence-corrected chi connectivity index (χ4v) is 2.84. The summed E-state index contributed by atoms with van der Waals surface area (Å²) in [5.41, 5.74) is 5.78. The first-order valence-corrected chi connectivity index (χ1v) is 7.59. The van der Waals surface area contributed by atoms with Crippen LogP contribution < -0.4 is 5.73 Å². The third-order valence-electron chi connectivity index (χ3n) is 4.20. The van der Waals surface area contributed by atoms with E-state index in [4.69, 9.17) is 15.0 Å². The van der Waals surface area contributed by atoms with Crippen molar-refractivity contribution in [3.8, 4) is 0 Å². The molecule has 114 valence electrons. The molecule has 20 heavy (non-hydrogen) atoms. The van der Waals surface area contributed by atoms with E-state index in [0.717, 1.165) is 25.7 Å². The second-order valence-corrected chi connectivity index (χ2v) is 6.78. The van der Waals surface area contributed by atoms with Gasteiger partial charge >= 0.3 is 0 Å². The zero-order valence-corrected chi connectivity index (χ0v) is 13.1. The van der Waals surface area contributed by atoms with E-state index in [0.29, 0.717) is 30.2 Å². The van der Waals surface area contributed by atoms with Crippen molar-refractivity contribution < 1.29 is 9.26 Å². The largest absolute Gasteiger partial charge is 0.367 e. The summed E-state index contributed by atoms with van der Waals surface area (Å²) in [6.45, 7) is 9.23. The summed E-state index contributed by atoms with van der Waals surface area (Å²) < 4.78 is 11.4. The lowest BCUT2D eigenvalue weighted by Crippen LogP contribution is -2.38. The van der Waals surface area contributed by atoms with Crippen molar-refractivity contribution >= 4 is 0 Å². The van der Waals surface area contributed by atoms with Gasteiger partial charge in [-0.2, -0.15) is 4.98 Å². The molecule has 2 rings (SSSR count). The number of hydrogen-bond acceptors (Lipinski definition) is 5. The van der Waals surface area contributed by atoms with E-state index < -0.39 is 0 Å². The fraction of sp³-hybridized carbons (Fsp3) is 0.867. The van der Waals surface area contributed by atoms with Gasteiger partial charge in [0.25, 0.3) is 0 Å². The van der Waals surface area contributed by atoms with Gasteiger partial charge in [-0.15, -0.1) is 0 Å². The van der Waals surface area contributed by atoms with E-state index in [1.807, 2.05) is 13.8 Å². The Hall–Kier alpha value is -0.940. The van der Waals surface area contributed by atoms with Crippen molar-refractivity contribution in [1.82, 2.24) is 10.1 Å². The highest BCUT2D eigenvalue weighted by molar-refractivity contribution is 5.05. The summed E-state index contributed by atoms with van der Waals surface area (Å²) in [6, 6.07) is 0.0247. The molecule has 1 heterocycles. The van der Waals surface area contributed by atoms with Crippen LogP contribution in [0, 0.1) is 5.41 Å². The van der Waals surface area contributed by atoms with Gasteiger partial charge < -0.3 is 15.0 Å². The minimum atomic E-state index is -0.371. The quantitative estimate of drug-likeness (QED) is 0.898. The van der Waals surface area contributed by atoms with Gasteiger partial charge in [-0.05, 0) is 44.9 Å². The molecule has 1 aromatic rings. The molecule has 0 saturated heterocycles. The highest BCUT2D eigenvalue weighted by atomic mass is 16.5. The van der Waals surface area contributed by atoms with Crippen LogP contribution in [0.25, 0.3) is 0 Å². The van der Waals surface area contributed by atoms with E-state index in [2.05, 4.69) is 24.0 Å². The van der Waals surface area contributed by atoms with Crippen LogP contribution in [-0.4, -0.2) is 22.8 Å². The van der Waals surface area contributed by atoms with Gasteiger partial charge in [-0.1, -0.05) is 19.0 Å². The van der Waals surface area contributed by atoms with Crippen LogP contribution in [0.15, 0.2) is 4.52 Å². The van der Waals surface area contributed by atoms with Gasteiger partial charge in [0.2, 0.25) is 11.7 Å². The molecule has 1 saturated carbocycles. The monoisotopic (exact) mass is 281 g/mol. The third kappa shape index (κ3) is 3.38. The van der Waals surface area contributed by atoms with Crippen molar-refractivity contribution in [2.45, 2.75) is 71.4 Å². The van der Waals surface area contributed by atoms with E-state index in [1.54, 1.807) is 0 Å². The van der Waals surface area contributed by atoms with Gasteiger partial charge in [-0.3, -0.25) is 0 Å². The molecule has 0 bridgehead atoms. The highest BCUT2D eigenvalue weighted by Gasteiger charge is 2.43. The van der Waals surface area contributed by atoms with Crippen molar-refractivity contribution in [2.75, 3.05) is 6.61 Å². The first-order chi connectivity index (χ1) is 9.37. The van der Waals surface area contributed by atoms with E-state index in [1.165, 1.54) is 0 Å². The standard InChI is InChI=1S/C15H27N3O2/c1-5-19-15(8-6-14(3,4)7-9-15)13-17-12(20-18-13)10-11(2)16/h11H,5-10,16H2,1-4H3. The molecule has 1 atom stereocenters. The van der Waals surface area contributed by atoms with E-state index in [9.17, 15) is 0 Å². The Morgan fingerprint density at radius 3 is 2.50 bits per heavy atom. The Kier molecular flexibility index (Phi) is 4.49. The van der Waals surface area contributed by atoms with Crippen LogP contribution in [0.3, 0.4) is 0 Å². The molecule has 5 nitrogen and oxygen atoms in total. The summed E-state index contributed by atoms with van der Waals surface area (Å²) in [4.78, 5) is 4.53. The normalized spacial score (nSPS) is 22.6. The maximum atomic E-state index is 6.05. The van der Waals surface area contributed by atoms with Crippen LogP contribution in [0.1, 0.15) is 65.1 Å². The molecule has 0 aromatic carbocycles. The molecule has 1 fully saturated rings. The summed E-state index contributed by atoms with van der Waals surface area (Å²) in [7, 11) is 0. The third-order valence-corrected chi connectivity index (χ3v) is 4.20. The Morgan fingerprint density at radius 1 is 1.30 bits per heavy atom. The lowest BCUT2D eigenvalue weighted by Gasteiger charge is -2.41. The SMILES string of the molecule is CCOC1(c2noc(CC(C)N)n2)CCC(C)(C)CC1. The summed E-state index contributed by atoms with van der Waals surface area (Å²) >= 11 is 0. The summed E-state index contributed by atoms with van der Waals surface area (Å²) in [6.07, 6.45) is 4.74. The molecule has 0 amide bonds. The molecular formula is C15H27N3O2. The molecule has 1 aromatic heterocycles. The molecular weight excluding hydrogens is 254 g/mol. The van der Waals surface area contributed by atoms with Gasteiger partial charge in [0.1, 0.15) is 5.60 Å². The van der Waals surface area contributed by atoms with Crippen molar-refractivity contribution in [2.24, 2.45) is 11.1 Å². The maximum absolute atomic E-state index is 6.05. The molecule has 0 radical (unpaired) electrons. The zero-order valence-electron chi connectivity index (χ0n) is 13.1. The van der Waals surface area contributed by atoms with Crippen LogP contribution >= 0.6 is 0 Å². The summed E-state index contributed by atoms with van der Waals surface area (Å²) in [5.74, 6) is 1.31. The van der Waals surface area contributed by atoms with Gasteiger partial charge in [-0.25, -0.2) is 0 Å². The topological polar surface area (TPSA) is 74.2 Å². The summed E-state index contributed by atoms with van der Waals surface area (Å²) in [5, 5.41) is 4.16. The van der Waals surface area contributed by atoms with Crippen LogP contribution in [-0.2, 0) is 16.8 Å². The predicted octanol–water partition coefficient (Wildman–Crippen LogP) is 2.79. The Balaban J connectivity index is 2.18. The van der Waals surface area contributed by atoms with Crippen molar-refractivity contribution in [3.05, 3.63) is 11.7 Å². The zero-order chi connectivity index (χ0) is 14.8. The minimum Gasteiger partial charge on any atom is -0.367 e. The number of nitrogens with two attached hydrogens (primary N) is 1.